The van der Waals surface area contributed by atoms with Crippen molar-refractivity contribution in [3.63, 3.8) is 0 Å². The zero-order chi connectivity index (χ0) is 13.1. The molecule has 1 aromatic heterocycles. The summed E-state index contributed by atoms with van der Waals surface area (Å²) in [5.74, 6) is 0.233. The van der Waals surface area contributed by atoms with Crippen molar-refractivity contribution in [2.45, 2.75) is 5.92 Å². The standard InChI is InChI=1S/C13H13ClFNOS/c1-17-11-3-2-8(15)6-9(11)10(7-16)12-4-5-13(14)18-12/h2-6,10H,7,16H2,1H3. The third kappa shape index (κ3) is 2.66. The summed E-state index contributed by atoms with van der Waals surface area (Å²) in [5, 5.41) is 0. The Morgan fingerprint density at radius 2 is 2.17 bits per heavy atom. The molecule has 18 heavy (non-hydrogen) atoms. The van der Waals surface area contributed by atoms with Crippen LogP contribution in [0.15, 0.2) is 30.3 Å². The van der Waals surface area contributed by atoms with Gasteiger partial charge in [-0.05, 0) is 30.3 Å². The summed E-state index contributed by atoms with van der Waals surface area (Å²) in [5.41, 5.74) is 6.55. The van der Waals surface area contributed by atoms with E-state index >= 15 is 0 Å². The van der Waals surface area contributed by atoms with E-state index in [0.717, 1.165) is 10.4 Å². The first-order chi connectivity index (χ1) is 8.65. The van der Waals surface area contributed by atoms with Gasteiger partial charge in [0.25, 0.3) is 0 Å². The van der Waals surface area contributed by atoms with Crippen molar-refractivity contribution < 1.29 is 9.13 Å². The molecule has 2 rings (SSSR count). The Kier molecular flexibility index (Phi) is 4.22. The van der Waals surface area contributed by atoms with Crippen LogP contribution in [0.5, 0.6) is 5.75 Å². The van der Waals surface area contributed by atoms with E-state index in [1.165, 1.54) is 23.5 Å². The fraction of sp³-hybridized carbons (Fsp3) is 0.231. The number of ether oxygens (including phenoxy) is 1. The van der Waals surface area contributed by atoms with Gasteiger partial charge in [-0.15, -0.1) is 11.3 Å². The van der Waals surface area contributed by atoms with Crippen LogP contribution in [0.2, 0.25) is 4.34 Å². The predicted octanol–water partition coefficient (Wildman–Crippen LogP) is 3.64. The van der Waals surface area contributed by atoms with Gasteiger partial charge >= 0.3 is 0 Å². The highest BCUT2D eigenvalue weighted by Crippen LogP contribution is 2.36. The van der Waals surface area contributed by atoms with Crippen LogP contribution in [0.4, 0.5) is 4.39 Å². The molecule has 2 aromatic rings. The van der Waals surface area contributed by atoms with Gasteiger partial charge in [0, 0.05) is 22.9 Å². The first kappa shape index (κ1) is 13.3. The highest BCUT2D eigenvalue weighted by molar-refractivity contribution is 7.16. The van der Waals surface area contributed by atoms with Crippen molar-refractivity contribution in [3.05, 3.63) is 50.9 Å². The quantitative estimate of drug-likeness (QED) is 0.931. The number of hydrogen-bond acceptors (Lipinski definition) is 3. The monoisotopic (exact) mass is 285 g/mol. The molecule has 2 nitrogen and oxygen atoms in total. The average Bonchev–Trinajstić information content (AvgIpc) is 2.77. The van der Waals surface area contributed by atoms with Gasteiger partial charge in [0.05, 0.1) is 11.4 Å². The van der Waals surface area contributed by atoms with Crippen molar-refractivity contribution in [2.24, 2.45) is 5.73 Å². The summed E-state index contributed by atoms with van der Waals surface area (Å²) in [6, 6.07) is 8.18. The molecule has 0 saturated carbocycles. The lowest BCUT2D eigenvalue weighted by atomic mass is 9.96. The molecule has 1 aromatic carbocycles. The fourth-order valence-corrected chi connectivity index (χ4v) is 3.08. The molecule has 0 radical (unpaired) electrons. The van der Waals surface area contributed by atoms with E-state index in [-0.39, 0.29) is 11.7 Å². The average molecular weight is 286 g/mol. The van der Waals surface area contributed by atoms with Crippen molar-refractivity contribution in [3.8, 4) is 5.75 Å². The van der Waals surface area contributed by atoms with E-state index in [1.54, 1.807) is 13.2 Å². The lowest BCUT2D eigenvalue weighted by Gasteiger charge is -2.17. The van der Waals surface area contributed by atoms with Gasteiger partial charge < -0.3 is 10.5 Å². The minimum atomic E-state index is -0.299. The van der Waals surface area contributed by atoms with E-state index in [0.29, 0.717) is 16.6 Å². The van der Waals surface area contributed by atoms with Crippen molar-refractivity contribution in [1.29, 1.82) is 0 Å². The van der Waals surface area contributed by atoms with E-state index < -0.39 is 0 Å². The highest BCUT2D eigenvalue weighted by atomic mass is 35.5. The number of benzene rings is 1. The van der Waals surface area contributed by atoms with Crippen molar-refractivity contribution in [1.82, 2.24) is 0 Å². The molecule has 2 N–H and O–H groups in total. The summed E-state index contributed by atoms with van der Waals surface area (Å²) in [4.78, 5) is 1.01. The summed E-state index contributed by atoms with van der Waals surface area (Å²) in [7, 11) is 1.56. The number of rotatable bonds is 4. The molecule has 1 atom stereocenters. The highest BCUT2D eigenvalue weighted by Gasteiger charge is 2.19. The van der Waals surface area contributed by atoms with Gasteiger partial charge in [-0.3, -0.25) is 0 Å². The van der Waals surface area contributed by atoms with Crippen LogP contribution in [0.25, 0.3) is 0 Å². The number of hydrogen-bond donors (Lipinski definition) is 1. The molecule has 96 valence electrons. The summed E-state index contributed by atoms with van der Waals surface area (Å²) in [6.07, 6.45) is 0. The number of halogens is 2. The Morgan fingerprint density at radius 1 is 1.39 bits per heavy atom. The molecule has 0 fully saturated rings. The molecule has 0 amide bonds. The zero-order valence-electron chi connectivity index (χ0n) is 9.82. The Hall–Kier alpha value is -1.10. The normalized spacial score (nSPS) is 12.4. The maximum absolute atomic E-state index is 13.4. The van der Waals surface area contributed by atoms with Crippen LogP contribution in [0, 0.1) is 5.82 Å². The SMILES string of the molecule is COc1ccc(F)cc1C(CN)c1ccc(Cl)s1. The Labute approximate surface area is 114 Å². The third-order valence-corrected chi connectivity index (χ3v) is 4.09. The van der Waals surface area contributed by atoms with Crippen LogP contribution in [0.3, 0.4) is 0 Å². The van der Waals surface area contributed by atoms with Crippen molar-refractivity contribution in [2.75, 3.05) is 13.7 Å². The summed E-state index contributed by atoms with van der Waals surface area (Å²) in [6.45, 7) is 0.372. The molecule has 0 aliphatic heterocycles. The fourth-order valence-electron chi connectivity index (χ4n) is 1.89. The molecule has 0 saturated heterocycles. The summed E-state index contributed by atoms with van der Waals surface area (Å²) >= 11 is 7.37. The van der Waals surface area contributed by atoms with Gasteiger partial charge in [0.15, 0.2) is 0 Å². The number of methoxy groups -OCH3 is 1. The van der Waals surface area contributed by atoms with Crippen molar-refractivity contribution >= 4 is 22.9 Å². The number of nitrogens with two attached hydrogens (primary N) is 1. The third-order valence-electron chi connectivity index (χ3n) is 2.74. The molecular formula is C13H13ClFNOS. The van der Waals surface area contributed by atoms with E-state index in [4.69, 9.17) is 22.1 Å². The molecule has 0 aliphatic rings. The van der Waals surface area contributed by atoms with Gasteiger partial charge in [-0.2, -0.15) is 0 Å². The summed E-state index contributed by atoms with van der Waals surface area (Å²) < 4.78 is 19.3. The van der Waals surface area contributed by atoms with E-state index in [9.17, 15) is 4.39 Å². The molecule has 0 spiro atoms. The zero-order valence-corrected chi connectivity index (χ0v) is 11.4. The lowest BCUT2D eigenvalue weighted by molar-refractivity contribution is 0.406. The van der Waals surface area contributed by atoms with Gasteiger partial charge in [0.2, 0.25) is 0 Å². The molecule has 0 aliphatic carbocycles. The minimum Gasteiger partial charge on any atom is -0.496 e. The largest absolute Gasteiger partial charge is 0.496 e. The first-order valence-electron chi connectivity index (χ1n) is 5.44. The predicted molar refractivity (Wildman–Crippen MR) is 73.2 cm³/mol. The van der Waals surface area contributed by atoms with Crippen LogP contribution in [0.1, 0.15) is 16.4 Å². The smallest absolute Gasteiger partial charge is 0.123 e. The second-order valence-electron chi connectivity index (χ2n) is 3.82. The van der Waals surface area contributed by atoms with Crippen LogP contribution in [-0.2, 0) is 0 Å². The second kappa shape index (κ2) is 5.69. The molecule has 0 bridgehead atoms. The van der Waals surface area contributed by atoms with Crippen LogP contribution in [-0.4, -0.2) is 13.7 Å². The Morgan fingerprint density at radius 3 is 2.72 bits per heavy atom. The maximum Gasteiger partial charge on any atom is 0.123 e. The Balaban J connectivity index is 2.47. The van der Waals surface area contributed by atoms with E-state index in [2.05, 4.69) is 0 Å². The van der Waals surface area contributed by atoms with E-state index in [1.807, 2.05) is 12.1 Å². The Bertz CT molecular complexity index is 544. The topological polar surface area (TPSA) is 35.2 Å². The second-order valence-corrected chi connectivity index (χ2v) is 5.56. The van der Waals surface area contributed by atoms with Crippen LogP contribution >= 0.6 is 22.9 Å². The van der Waals surface area contributed by atoms with Crippen LogP contribution < -0.4 is 10.5 Å². The first-order valence-corrected chi connectivity index (χ1v) is 6.64. The van der Waals surface area contributed by atoms with Gasteiger partial charge in [-0.1, -0.05) is 11.6 Å². The van der Waals surface area contributed by atoms with Gasteiger partial charge in [-0.25, -0.2) is 4.39 Å². The lowest BCUT2D eigenvalue weighted by Crippen LogP contribution is -2.14. The van der Waals surface area contributed by atoms with Gasteiger partial charge in [0.1, 0.15) is 11.6 Å². The minimum absolute atomic E-state index is 0.104. The number of thiophene rings is 1. The maximum atomic E-state index is 13.4. The molecule has 5 heteroatoms. The molecular weight excluding hydrogens is 273 g/mol. The molecule has 1 unspecified atom stereocenters. The molecule has 1 heterocycles.